The fourth-order valence-corrected chi connectivity index (χ4v) is 5.26. The molecule has 0 spiro atoms. The van der Waals surface area contributed by atoms with Crippen LogP contribution in [0.15, 0.2) is 91.3 Å². The number of nitrogens with zero attached hydrogens (tertiary/aromatic N) is 2. The van der Waals surface area contributed by atoms with E-state index in [1.54, 1.807) is 18.5 Å². The van der Waals surface area contributed by atoms with Gasteiger partial charge in [0, 0.05) is 37.1 Å². The highest BCUT2D eigenvalue weighted by atomic mass is 16.5. The van der Waals surface area contributed by atoms with Crippen molar-refractivity contribution in [3.63, 3.8) is 0 Å². The maximum Gasteiger partial charge on any atom is 0.244 e. The van der Waals surface area contributed by atoms with Gasteiger partial charge in [0.05, 0.1) is 30.9 Å². The van der Waals surface area contributed by atoms with E-state index in [1.165, 1.54) is 6.08 Å². The van der Waals surface area contributed by atoms with Crippen LogP contribution in [0.25, 0.3) is 6.08 Å². The van der Waals surface area contributed by atoms with Crippen LogP contribution >= 0.6 is 0 Å². The summed E-state index contributed by atoms with van der Waals surface area (Å²) >= 11 is 0. The molecule has 3 aromatic rings. The average Bonchev–Trinajstić information content (AvgIpc) is 3.00. The molecule has 228 valence electrons. The molecular weight excluding hydrogens is 540 g/mol. The minimum absolute atomic E-state index is 0.0913. The number of rotatable bonds is 12. The molecule has 1 saturated heterocycles. The van der Waals surface area contributed by atoms with Crippen LogP contribution in [-0.2, 0) is 27.4 Å². The summed E-state index contributed by atoms with van der Waals surface area (Å²) in [4.78, 5) is 32.6. The standard InChI is InChI=1S/C35H44N4O4/c1-35(2,3)38-34(42)31-23-29(43-25-28-16-19-36-20-17-28)18-21-39(31)24-32(40)30(22-27-12-8-5-9-13-27)37-33(41)15-14-26-10-6-4-7-11-26/h4-17,19-20,29-32,40H,18,21-25H2,1-3H3,(H,37,41)(H,38,42)/b15-14+/t29-,30+,31+,32-/m1/s1. The van der Waals surface area contributed by atoms with Gasteiger partial charge >= 0.3 is 0 Å². The molecule has 2 heterocycles. The number of aliphatic hydroxyl groups is 1. The Bertz CT molecular complexity index is 1310. The molecule has 0 unspecified atom stereocenters. The summed E-state index contributed by atoms with van der Waals surface area (Å²) in [6, 6.07) is 22.2. The Balaban J connectivity index is 1.46. The predicted molar refractivity (Wildman–Crippen MR) is 169 cm³/mol. The lowest BCUT2D eigenvalue weighted by molar-refractivity contribution is -0.134. The first-order valence-corrected chi connectivity index (χ1v) is 15.0. The normalized spacial score (nSPS) is 19.1. The lowest BCUT2D eigenvalue weighted by Gasteiger charge is -2.41. The van der Waals surface area contributed by atoms with Crippen molar-refractivity contribution < 1.29 is 19.4 Å². The van der Waals surface area contributed by atoms with Crippen molar-refractivity contribution in [2.45, 2.75) is 76.5 Å². The molecule has 8 nitrogen and oxygen atoms in total. The fraction of sp³-hybridized carbons (Fsp3) is 0.400. The zero-order valence-corrected chi connectivity index (χ0v) is 25.4. The van der Waals surface area contributed by atoms with Crippen molar-refractivity contribution in [1.82, 2.24) is 20.5 Å². The smallest absolute Gasteiger partial charge is 0.244 e. The maximum absolute atomic E-state index is 13.5. The molecule has 4 atom stereocenters. The van der Waals surface area contributed by atoms with Gasteiger partial charge in [-0.25, -0.2) is 0 Å². The molecule has 3 N–H and O–H groups in total. The third-order valence-corrected chi connectivity index (χ3v) is 7.44. The highest BCUT2D eigenvalue weighted by molar-refractivity contribution is 5.92. The summed E-state index contributed by atoms with van der Waals surface area (Å²) in [5.41, 5.74) is 2.55. The van der Waals surface area contributed by atoms with Crippen LogP contribution in [0.3, 0.4) is 0 Å². The van der Waals surface area contributed by atoms with Gasteiger partial charge in [0.2, 0.25) is 11.8 Å². The summed E-state index contributed by atoms with van der Waals surface area (Å²) in [5, 5.41) is 17.7. The molecule has 1 fully saturated rings. The van der Waals surface area contributed by atoms with Crippen LogP contribution in [-0.4, -0.2) is 69.7 Å². The number of aliphatic hydroxyl groups excluding tert-OH is 1. The van der Waals surface area contributed by atoms with Gasteiger partial charge in [-0.2, -0.15) is 0 Å². The summed E-state index contributed by atoms with van der Waals surface area (Å²) in [5.74, 6) is -0.375. The van der Waals surface area contributed by atoms with E-state index >= 15 is 0 Å². The monoisotopic (exact) mass is 584 g/mol. The van der Waals surface area contributed by atoms with Crippen molar-refractivity contribution in [2.75, 3.05) is 13.1 Å². The van der Waals surface area contributed by atoms with Crippen LogP contribution in [0.2, 0.25) is 0 Å². The fourth-order valence-electron chi connectivity index (χ4n) is 5.26. The van der Waals surface area contributed by atoms with Crippen molar-refractivity contribution in [3.05, 3.63) is 108 Å². The highest BCUT2D eigenvalue weighted by Gasteiger charge is 2.37. The number of carbonyl (C=O) groups excluding carboxylic acids is 2. The van der Waals surface area contributed by atoms with Crippen molar-refractivity contribution in [2.24, 2.45) is 0 Å². The second-order valence-electron chi connectivity index (χ2n) is 12.2. The van der Waals surface area contributed by atoms with E-state index in [2.05, 4.69) is 15.6 Å². The lowest BCUT2D eigenvalue weighted by atomic mass is 9.95. The Labute approximate surface area is 255 Å². The second-order valence-corrected chi connectivity index (χ2v) is 12.2. The number of nitrogens with one attached hydrogen (secondary N) is 2. The van der Waals surface area contributed by atoms with Gasteiger partial charge in [-0.05, 0) is 74.9 Å². The van der Waals surface area contributed by atoms with Crippen molar-refractivity contribution in [1.29, 1.82) is 0 Å². The molecule has 2 aromatic carbocycles. The molecule has 43 heavy (non-hydrogen) atoms. The predicted octanol–water partition coefficient (Wildman–Crippen LogP) is 4.15. The Hall–Kier alpha value is -3.85. The van der Waals surface area contributed by atoms with Gasteiger partial charge < -0.3 is 20.5 Å². The Morgan fingerprint density at radius 1 is 1.02 bits per heavy atom. The summed E-state index contributed by atoms with van der Waals surface area (Å²) in [7, 11) is 0. The minimum atomic E-state index is -0.909. The third kappa shape index (κ3) is 10.7. The number of hydrogen-bond donors (Lipinski definition) is 3. The molecule has 0 radical (unpaired) electrons. The van der Waals surface area contributed by atoms with Crippen LogP contribution < -0.4 is 10.6 Å². The number of aromatic nitrogens is 1. The number of likely N-dealkylation sites (tertiary alicyclic amines) is 1. The van der Waals surface area contributed by atoms with Crippen LogP contribution in [0.5, 0.6) is 0 Å². The van der Waals surface area contributed by atoms with Gasteiger partial charge in [-0.1, -0.05) is 60.7 Å². The molecule has 0 bridgehead atoms. The van der Waals surface area contributed by atoms with Crippen LogP contribution in [0.4, 0.5) is 0 Å². The first kappa shape index (κ1) is 32.1. The topological polar surface area (TPSA) is 104 Å². The maximum atomic E-state index is 13.5. The number of carbonyl (C=O) groups is 2. The van der Waals surface area contributed by atoms with Crippen LogP contribution in [0, 0.1) is 0 Å². The van der Waals surface area contributed by atoms with Gasteiger partial charge in [0.1, 0.15) is 0 Å². The summed E-state index contributed by atoms with van der Waals surface area (Å²) in [6.07, 6.45) is 7.41. The second kappa shape index (κ2) is 15.6. The average molecular weight is 585 g/mol. The highest BCUT2D eigenvalue weighted by Crippen LogP contribution is 2.23. The molecule has 1 aliphatic rings. The van der Waals surface area contributed by atoms with E-state index in [-0.39, 0.29) is 24.5 Å². The number of hydrogen-bond acceptors (Lipinski definition) is 6. The Kier molecular flexibility index (Phi) is 11.6. The first-order valence-electron chi connectivity index (χ1n) is 15.0. The van der Waals surface area contributed by atoms with Crippen molar-refractivity contribution in [3.8, 4) is 0 Å². The molecule has 1 aliphatic heterocycles. The molecule has 8 heteroatoms. The molecule has 1 aromatic heterocycles. The van der Waals surface area contributed by atoms with Crippen molar-refractivity contribution >= 4 is 17.9 Å². The van der Waals surface area contributed by atoms with E-state index < -0.39 is 23.7 Å². The molecule has 0 aliphatic carbocycles. The SMILES string of the molecule is CC(C)(C)NC(=O)[C@@H]1C[C@H](OCc2ccncc2)CCN1C[C@@H](O)[C@H](Cc1ccccc1)NC(=O)/C=C/c1ccccc1. The summed E-state index contributed by atoms with van der Waals surface area (Å²) < 4.78 is 6.21. The van der Waals surface area contributed by atoms with Gasteiger partial charge in [0.15, 0.2) is 0 Å². The van der Waals surface area contributed by atoms with Gasteiger partial charge in [0.25, 0.3) is 0 Å². The third-order valence-electron chi connectivity index (χ3n) is 7.44. The van der Waals surface area contributed by atoms with E-state index in [4.69, 9.17) is 4.74 Å². The quantitative estimate of drug-likeness (QED) is 0.277. The number of β-amino-alcohol motifs (C(OH)–C–C–N with tert-alkyl or cyclic N) is 1. The molecule has 0 saturated carbocycles. The van der Waals surface area contributed by atoms with E-state index in [1.807, 2.05) is 98.5 Å². The number of benzene rings is 2. The zero-order chi connectivity index (χ0) is 30.7. The number of pyridine rings is 1. The molecular formula is C35H44N4O4. The van der Waals surface area contributed by atoms with Gasteiger partial charge in [-0.15, -0.1) is 0 Å². The van der Waals surface area contributed by atoms with E-state index in [0.29, 0.717) is 26.0 Å². The number of piperidine rings is 1. The summed E-state index contributed by atoms with van der Waals surface area (Å²) in [6.45, 7) is 7.14. The Morgan fingerprint density at radius 3 is 2.37 bits per heavy atom. The first-order chi connectivity index (χ1) is 20.7. The zero-order valence-electron chi connectivity index (χ0n) is 25.4. The van der Waals surface area contributed by atoms with E-state index in [0.717, 1.165) is 23.1 Å². The minimum Gasteiger partial charge on any atom is -0.390 e. The van der Waals surface area contributed by atoms with E-state index in [9.17, 15) is 14.7 Å². The number of amides is 2. The largest absolute Gasteiger partial charge is 0.390 e. The van der Waals surface area contributed by atoms with Gasteiger partial charge in [-0.3, -0.25) is 19.5 Å². The lowest BCUT2D eigenvalue weighted by Crippen LogP contribution is -2.59. The Morgan fingerprint density at radius 2 is 1.70 bits per heavy atom. The number of ether oxygens (including phenoxy) is 1. The molecule has 2 amide bonds. The molecule has 4 rings (SSSR count). The van der Waals surface area contributed by atoms with Crippen LogP contribution in [0.1, 0.15) is 50.3 Å².